The van der Waals surface area contributed by atoms with E-state index >= 15 is 0 Å². The number of alkyl halides is 2. The number of hydrogen-bond donors (Lipinski definition) is 3. The predicted molar refractivity (Wildman–Crippen MR) is 205 cm³/mol. The van der Waals surface area contributed by atoms with Gasteiger partial charge in [-0.2, -0.15) is 9.59 Å². The van der Waals surface area contributed by atoms with Crippen molar-refractivity contribution < 1.29 is 34.2 Å². The zero-order valence-corrected chi connectivity index (χ0v) is 31.7. The number of nitrogens with one attached hydrogen (secondary N) is 3. The molecular weight excluding hydrogens is 701 g/mol. The molecule has 0 bridgehead atoms. The number of nitrogens with zero attached hydrogens (tertiary/aromatic N) is 1. The molecule has 0 spiro atoms. The van der Waals surface area contributed by atoms with E-state index in [0.29, 0.717) is 54.4 Å². The zero-order chi connectivity index (χ0) is 38.1. The summed E-state index contributed by atoms with van der Waals surface area (Å²) in [6.07, 6.45) is 6.20. The van der Waals surface area contributed by atoms with E-state index < -0.39 is 0 Å². The molecule has 9 nitrogen and oxygen atoms in total. The Balaban J connectivity index is -0.000000739. The smallest absolute Gasteiger partial charge is 0.342 e. The molecule has 0 aliphatic carbocycles. The van der Waals surface area contributed by atoms with Gasteiger partial charge >= 0.3 is 6.15 Å². The Bertz CT molecular complexity index is 1330. The molecule has 13 heteroatoms. The maximum absolute atomic E-state index is 13.5. The Morgan fingerprint density at radius 3 is 1.53 bits per heavy atom. The van der Waals surface area contributed by atoms with Crippen LogP contribution in [0.3, 0.4) is 0 Å². The lowest BCUT2D eigenvalue weighted by molar-refractivity contribution is -0.191. The summed E-state index contributed by atoms with van der Waals surface area (Å²) in [5.41, 5.74) is 2.18. The van der Waals surface area contributed by atoms with Crippen LogP contribution in [0, 0.1) is 43.2 Å². The van der Waals surface area contributed by atoms with E-state index in [0.717, 1.165) is 38.8 Å². The molecule has 2 aromatic rings. The minimum absolute atomic E-state index is 0. The number of piperidine rings is 2. The van der Waals surface area contributed by atoms with E-state index in [2.05, 4.69) is 29.8 Å². The third kappa shape index (κ3) is 22.2. The molecule has 2 heterocycles. The highest BCUT2D eigenvalue weighted by Crippen LogP contribution is 2.23. The van der Waals surface area contributed by atoms with Crippen LogP contribution in [-0.4, -0.2) is 60.3 Å². The lowest BCUT2D eigenvalue weighted by atomic mass is 9.92. The first-order valence-electron chi connectivity index (χ1n) is 17.0. The molecule has 2 saturated heterocycles. The van der Waals surface area contributed by atoms with Crippen LogP contribution in [0.5, 0.6) is 0 Å². The van der Waals surface area contributed by atoms with Crippen LogP contribution < -0.4 is 16.0 Å². The molecule has 0 saturated carbocycles. The number of halogens is 4. The largest absolute Gasteiger partial charge is 0.373 e. The third-order valence-electron chi connectivity index (χ3n) is 7.74. The number of carbonyl (C=O) groups is 3. The van der Waals surface area contributed by atoms with Gasteiger partial charge in [-0.1, -0.05) is 53.7 Å². The van der Waals surface area contributed by atoms with Crippen molar-refractivity contribution in [2.45, 2.75) is 93.9 Å². The number of hydrogen-bond acceptors (Lipinski definition) is 6. The lowest BCUT2D eigenvalue weighted by Gasteiger charge is -2.32. The monoisotopic (exact) mass is 760 g/mol. The average molecular weight is 762 g/mol. The molecule has 2 fully saturated rings. The van der Waals surface area contributed by atoms with E-state index in [9.17, 15) is 23.2 Å². The molecule has 290 valence electrons. The van der Waals surface area contributed by atoms with Crippen molar-refractivity contribution in [2.75, 3.05) is 42.2 Å². The lowest BCUT2D eigenvalue weighted by Crippen LogP contribution is -2.41. The summed E-state index contributed by atoms with van der Waals surface area (Å²) < 4.78 is 26.8. The van der Waals surface area contributed by atoms with Crippen LogP contribution in [0.2, 0.25) is 0 Å². The van der Waals surface area contributed by atoms with Gasteiger partial charge in [0.1, 0.15) is 11.6 Å². The number of rotatable bonds is 7. The van der Waals surface area contributed by atoms with Gasteiger partial charge in [0.2, 0.25) is 17.7 Å². The highest BCUT2D eigenvalue weighted by atomic mass is 35.5. The first-order valence-corrected chi connectivity index (χ1v) is 18.1. The van der Waals surface area contributed by atoms with Crippen LogP contribution in [0.25, 0.3) is 0 Å². The second kappa shape index (κ2) is 29.2. The van der Waals surface area contributed by atoms with Crippen LogP contribution in [0.4, 0.5) is 20.2 Å². The van der Waals surface area contributed by atoms with Gasteiger partial charge in [0.25, 0.3) is 0 Å². The number of likely N-dealkylation sites (tertiary alicyclic amines) is 1. The number of benzene rings is 2. The van der Waals surface area contributed by atoms with Crippen LogP contribution in [0.1, 0.15) is 92.6 Å². The van der Waals surface area contributed by atoms with Gasteiger partial charge in [-0.25, -0.2) is 8.78 Å². The van der Waals surface area contributed by atoms with Crippen LogP contribution in [-0.2, 0) is 24.0 Å². The molecule has 2 aliphatic rings. The minimum Gasteiger partial charge on any atom is -0.342 e. The summed E-state index contributed by atoms with van der Waals surface area (Å²) in [5, 5.41) is 8.97. The molecule has 4 rings (SSSR count). The van der Waals surface area contributed by atoms with Crippen LogP contribution >= 0.6 is 23.2 Å². The second-order valence-electron chi connectivity index (χ2n) is 12.4. The van der Waals surface area contributed by atoms with Crippen molar-refractivity contribution >= 4 is 58.4 Å². The van der Waals surface area contributed by atoms with E-state index in [-0.39, 0.29) is 61.5 Å². The highest BCUT2D eigenvalue weighted by molar-refractivity contribution is 6.40. The number of anilines is 2. The quantitative estimate of drug-likeness (QED) is 0.242. The summed E-state index contributed by atoms with van der Waals surface area (Å²) in [6.45, 7) is 14.9. The summed E-state index contributed by atoms with van der Waals surface area (Å²) >= 11 is 9.53. The maximum atomic E-state index is 13.5. The second-order valence-corrected chi connectivity index (χ2v) is 13.2. The van der Waals surface area contributed by atoms with Crippen molar-refractivity contribution in [3.05, 3.63) is 59.2 Å². The first-order chi connectivity index (χ1) is 23.8. The number of amides is 3. The Labute approximate surface area is 315 Å². The molecule has 51 heavy (non-hydrogen) atoms. The Morgan fingerprint density at radius 2 is 1.20 bits per heavy atom. The Hall–Kier alpha value is -3.37. The molecule has 0 radical (unpaired) electrons. The molecule has 2 aliphatic heterocycles. The zero-order valence-electron chi connectivity index (χ0n) is 30.2. The maximum Gasteiger partial charge on any atom is 0.373 e. The van der Waals surface area contributed by atoms with Crippen molar-refractivity contribution in [3.63, 3.8) is 0 Å². The van der Waals surface area contributed by atoms with Gasteiger partial charge in [-0.3, -0.25) is 14.4 Å². The van der Waals surface area contributed by atoms with E-state index in [1.807, 2.05) is 18.7 Å². The van der Waals surface area contributed by atoms with Gasteiger partial charge in [-0.05, 0) is 99.8 Å². The van der Waals surface area contributed by atoms with Crippen LogP contribution in [0.15, 0.2) is 36.4 Å². The SMILES string of the molecule is C.CCC.Cc1ccc(NC(=O)CC2CCN(C(=O)C(C)C)CC2)cc1F.Cc1ccc(NC(=O)CC2CCNCC2)cc1F.ClCCl.O=C=O.[HH]. The highest BCUT2D eigenvalue weighted by Gasteiger charge is 2.25. The van der Waals surface area contributed by atoms with Gasteiger partial charge < -0.3 is 20.9 Å². The molecule has 0 atom stereocenters. The predicted octanol–water partition coefficient (Wildman–Crippen LogP) is 8.96. The molecule has 2 aromatic carbocycles. The number of carbonyl (C=O) groups excluding carboxylic acids is 5. The standard InChI is InChI=1S/C18H25FN2O2.C14H19FN2O.C3H8.CH2Cl2.CO2.CH4.H2/c1-12(2)18(23)21-8-6-14(7-9-21)10-17(22)20-15-5-4-13(3)16(19)11-15;1-10-2-3-12(9-13(10)15)17-14(18)8-11-4-6-16-7-5-11;1-3-2;2*2-1-3;;/h4-5,11-12,14H,6-10H2,1-3H3,(H,20,22);2-3,9,11,16H,4-8H2,1H3,(H,17,18);3H2,1-2H3;1H2;;1H4;1H. The molecule has 3 amide bonds. The van der Waals surface area contributed by atoms with Crippen molar-refractivity contribution in [1.82, 2.24) is 10.2 Å². The summed E-state index contributed by atoms with van der Waals surface area (Å²) in [6, 6.07) is 9.49. The first kappa shape index (κ1) is 49.7. The fraction of sp³-hybridized carbons (Fsp3) is 0.579. The summed E-state index contributed by atoms with van der Waals surface area (Å²) in [7, 11) is 0. The third-order valence-corrected chi connectivity index (χ3v) is 7.74. The molecule has 3 N–H and O–H groups in total. The van der Waals surface area contributed by atoms with E-state index in [1.54, 1.807) is 38.1 Å². The van der Waals surface area contributed by atoms with Crippen molar-refractivity contribution in [2.24, 2.45) is 17.8 Å². The Morgan fingerprint density at radius 1 is 0.843 bits per heavy atom. The molecular formula is C38H60Cl2F2N4O5. The van der Waals surface area contributed by atoms with Gasteiger partial charge in [0.15, 0.2) is 0 Å². The van der Waals surface area contributed by atoms with Gasteiger partial charge in [-0.15, -0.1) is 23.2 Å². The van der Waals surface area contributed by atoms with Gasteiger partial charge in [0, 0.05) is 44.7 Å². The summed E-state index contributed by atoms with van der Waals surface area (Å²) in [4.78, 5) is 54.0. The van der Waals surface area contributed by atoms with E-state index in [1.165, 1.54) is 18.6 Å². The summed E-state index contributed by atoms with van der Waals surface area (Å²) in [5.74, 6) is 0.211. The molecule has 0 unspecified atom stereocenters. The minimum atomic E-state index is -0.316. The topological polar surface area (TPSA) is 125 Å². The normalized spacial score (nSPS) is 13.8. The van der Waals surface area contributed by atoms with Crippen molar-refractivity contribution in [3.8, 4) is 0 Å². The fourth-order valence-electron chi connectivity index (χ4n) is 5.10. The van der Waals surface area contributed by atoms with Gasteiger partial charge in [0.05, 0.1) is 5.34 Å². The average Bonchev–Trinajstić information content (AvgIpc) is 3.06. The molecule has 0 aromatic heterocycles. The van der Waals surface area contributed by atoms with Crippen molar-refractivity contribution in [1.29, 1.82) is 0 Å². The van der Waals surface area contributed by atoms with E-state index in [4.69, 9.17) is 32.8 Å². The fourth-order valence-corrected chi connectivity index (χ4v) is 5.10. The Kier molecular flexibility index (Phi) is 28.5. The number of aryl methyl sites for hydroxylation is 2.